The minimum atomic E-state index is -1.19. The molecule has 1 aliphatic rings. The summed E-state index contributed by atoms with van der Waals surface area (Å²) in [6.07, 6.45) is 5.25. The van der Waals surface area contributed by atoms with Gasteiger partial charge in [-0.25, -0.2) is 14.7 Å². The number of rotatable bonds is 11. The maximum atomic E-state index is 13.0. The van der Waals surface area contributed by atoms with Crippen LogP contribution in [0.3, 0.4) is 0 Å². The lowest BCUT2D eigenvalue weighted by Crippen LogP contribution is -2.36. The molecule has 5 rings (SSSR count). The molecule has 2 heterocycles. The second-order valence-corrected chi connectivity index (χ2v) is 12.4. The molecule has 0 bridgehead atoms. The first-order valence-electron chi connectivity index (χ1n) is 15.3. The highest BCUT2D eigenvalue weighted by Crippen LogP contribution is 2.40. The number of carbonyl (C=O) groups is 1. The van der Waals surface area contributed by atoms with Crippen molar-refractivity contribution in [3.05, 3.63) is 105 Å². The highest BCUT2D eigenvalue weighted by atomic mass is 35.5. The number of carboxylic acid groups (broad SMARTS) is 1. The number of aryl methyl sites for hydroxylation is 3. The molecule has 1 fully saturated rings. The summed E-state index contributed by atoms with van der Waals surface area (Å²) in [5.74, 6) is 1.23. The highest BCUT2D eigenvalue weighted by molar-refractivity contribution is 6.33. The molecule has 1 aromatic heterocycles. The zero-order chi connectivity index (χ0) is 31.9. The van der Waals surface area contributed by atoms with Crippen molar-refractivity contribution in [2.24, 2.45) is 0 Å². The fourth-order valence-corrected chi connectivity index (χ4v) is 6.48. The normalized spacial score (nSPS) is 14.2. The third kappa shape index (κ3) is 8.25. The van der Waals surface area contributed by atoms with Gasteiger partial charge in [0.15, 0.2) is 0 Å². The Balaban J connectivity index is 1.37. The summed E-state index contributed by atoms with van der Waals surface area (Å²) in [4.78, 5) is 25.7. The van der Waals surface area contributed by atoms with E-state index in [1.54, 1.807) is 24.3 Å². The maximum Gasteiger partial charge on any atom is 0.413 e. The lowest BCUT2D eigenvalue weighted by atomic mass is 9.89. The van der Waals surface area contributed by atoms with Crippen LogP contribution in [-0.2, 0) is 0 Å². The molecule has 0 saturated carbocycles. The van der Waals surface area contributed by atoms with Crippen LogP contribution in [0.4, 0.5) is 22.2 Å². The summed E-state index contributed by atoms with van der Waals surface area (Å²) in [5, 5.41) is 14.7. The second-order valence-electron chi connectivity index (χ2n) is 11.5. The summed E-state index contributed by atoms with van der Waals surface area (Å²) < 4.78 is 5.96. The lowest BCUT2D eigenvalue weighted by Gasteiger charge is -2.32. The fraction of sp³-hybridized carbons (Fsp3) is 0.343. The van der Waals surface area contributed by atoms with E-state index in [4.69, 9.17) is 27.9 Å². The van der Waals surface area contributed by atoms with E-state index in [9.17, 15) is 9.90 Å². The van der Waals surface area contributed by atoms with Crippen LogP contribution in [0.15, 0.2) is 66.9 Å². The van der Waals surface area contributed by atoms with Crippen molar-refractivity contribution < 1.29 is 14.6 Å². The average Bonchev–Trinajstić information content (AvgIpc) is 3.01. The van der Waals surface area contributed by atoms with Crippen LogP contribution in [0.25, 0.3) is 0 Å². The Labute approximate surface area is 275 Å². The number of piperidine rings is 1. The van der Waals surface area contributed by atoms with E-state index < -0.39 is 12.1 Å². The minimum absolute atomic E-state index is 0.189. The molecular weight excluding hydrogens is 609 g/mol. The Morgan fingerprint density at radius 2 is 1.71 bits per heavy atom. The number of nitrogens with zero attached hydrogens (tertiary/aromatic N) is 4. The Morgan fingerprint density at radius 3 is 2.40 bits per heavy atom. The molecule has 2 N–H and O–H groups in total. The van der Waals surface area contributed by atoms with Gasteiger partial charge < -0.3 is 20.1 Å². The average molecular weight is 649 g/mol. The van der Waals surface area contributed by atoms with Crippen molar-refractivity contribution in [3.8, 4) is 5.75 Å². The number of likely N-dealkylation sites (tertiary alicyclic amines) is 1. The van der Waals surface area contributed by atoms with Gasteiger partial charge in [-0.2, -0.15) is 4.98 Å². The Kier molecular flexibility index (Phi) is 10.8. The number of anilines is 3. The summed E-state index contributed by atoms with van der Waals surface area (Å²) in [6.45, 7) is 10.1. The Bertz CT molecular complexity index is 1600. The number of aromatic nitrogens is 2. The summed E-state index contributed by atoms with van der Waals surface area (Å²) in [5.41, 5.74) is 5.05. The molecule has 0 spiro atoms. The molecule has 4 aromatic rings. The zero-order valence-electron chi connectivity index (χ0n) is 25.9. The van der Waals surface area contributed by atoms with Crippen LogP contribution >= 0.6 is 23.2 Å². The van der Waals surface area contributed by atoms with E-state index in [1.807, 2.05) is 57.2 Å². The molecule has 0 aliphatic carbocycles. The first-order chi connectivity index (χ1) is 21.7. The van der Waals surface area contributed by atoms with Gasteiger partial charge in [0.1, 0.15) is 11.6 Å². The van der Waals surface area contributed by atoms with Crippen LogP contribution in [-0.4, -0.2) is 52.3 Å². The van der Waals surface area contributed by atoms with E-state index in [0.29, 0.717) is 22.2 Å². The molecule has 1 unspecified atom stereocenters. The topological polar surface area (TPSA) is 90.8 Å². The third-order valence-corrected chi connectivity index (χ3v) is 8.64. The minimum Gasteiger partial charge on any atom is -0.494 e. The van der Waals surface area contributed by atoms with Gasteiger partial charge in [-0.15, -0.1) is 0 Å². The van der Waals surface area contributed by atoms with Gasteiger partial charge in [0, 0.05) is 28.5 Å². The van der Waals surface area contributed by atoms with Gasteiger partial charge in [-0.3, -0.25) is 0 Å². The largest absolute Gasteiger partial charge is 0.494 e. The Hall–Kier alpha value is -3.85. The predicted octanol–water partition coefficient (Wildman–Crippen LogP) is 8.98. The quantitative estimate of drug-likeness (QED) is 0.157. The monoisotopic (exact) mass is 647 g/mol. The number of benzene rings is 3. The van der Waals surface area contributed by atoms with Crippen LogP contribution in [0.5, 0.6) is 5.75 Å². The fourth-order valence-electron chi connectivity index (χ4n) is 6.08. The van der Waals surface area contributed by atoms with E-state index in [1.165, 1.54) is 43.4 Å². The predicted molar refractivity (Wildman–Crippen MR) is 182 cm³/mol. The maximum absolute atomic E-state index is 13.0. The number of halogens is 2. The molecule has 45 heavy (non-hydrogen) atoms. The van der Waals surface area contributed by atoms with E-state index >= 15 is 0 Å². The molecule has 1 saturated heterocycles. The first kappa shape index (κ1) is 32.5. The van der Waals surface area contributed by atoms with E-state index in [0.717, 1.165) is 46.7 Å². The van der Waals surface area contributed by atoms with Crippen LogP contribution < -0.4 is 15.0 Å². The van der Waals surface area contributed by atoms with Crippen LogP contribution in [0.1, 0.15) is 59.5 Å². The van der Waals surface area contributed by atoms with Crippen molar-refractivity contribution in [1.29, 1.82) is 0 Å². The first-order valence-corrected chi connectivity index (χ1v) is 16.1. The van der Waals surface area contributed by atoms with Crippen molar-refractivity contribution >= 4 is 46.7 Å². The SMILES string of the molecule is Cc1cc(C)c(C(c2cc(Cl)ccc2Cl)N(C(=O)O)c2ccnc(Nc3ccc(OCCCN4CCCCC4)cc3)n2)c(C)c1. The molecule has 10 heteroatoms. The number of ether oxygens (including phenoxy) is 1. The van der Waals surface area contributed by atoms with Crippen LogP contribution in [0.2, 0.25) is 10.0 Å². The third-order valence-electron chi connectivity index (χ3n) is 8.06. The molecule has 1 amide bonds. The summed E-state index contributed by atoms with van der Waals surface area (Å²) in [6, 6.07) is 17.5. The summed E-state index contributed by atoms with van der Waals surface area (Å²) in [7, 11) is 0. The number of amides is 1. The smallest absolute Gasteiger partial charge is 0.413 e. The second kappa shape index (κ2) is 15.0. The van der Waals surface area contributed by atoms with Gasteiger partial charge in [0.2, 0.25) is 5.95 Å². The van der Waals surface area contributed by atoms with E-state index in [-0.39, 0.29) is 11.8 Å². The van der Waals surface area contributed by atoms with Crippen LogP contribution in [0, 0.1) is 20.8 Å². The van der Waals surface area contributed by atoms with Gasteiger partial charge in [-0.05, 0) is 124 Å². The molecule has 8 nitrogen and oxygen atoms in total. The molecule has 3 aromatic carbocycles. The molecule has 236 valence electrons. The van der Waals surface area contributed by atoms with Crippen molar-refractivity contribution in [2.75, 3.05) is 36.5 Å². The van der Waals surface area contributed by atoms with Gasteiger partial charge in [-0.1, -0.05) is 47.3 Å². The molecular formula is C35H39Cl2N5O3. The number of nitrogens with one attached hydrogen (secondary N) is 1. The van der Waals surface area contributed by atoms with Crippen molar-refractivity contribution in [2.45, 2.75) is 52.5 Å². The molecule has 1 atom stereocenters. The van der Waals surface area contributed by atoms with Gasteiger partial charge in [0.25, 0.3) is 0 Å². The van der Waals surface area contributed by atoms with Crippen molar-refractivity contribution in [3.63, 3.8) is 0 Å². The van der Waals surface area contributed by atoms with Gasteiger partial charge in [0.05, 0.1) is 12.6 Å². The highest BCUT2D eigenvalue weighted by Gasteiger charge is 2.33. The Morgan fingerprint density at radius 1 is 1.00 bits per heavy atom. The molecule has 1 aliphatic heterocycles. The van der Waals surface area contributed by atoms with Gasteiger partial charge >= 0.3 is 6.09 Å². The number of hydrogen-bond acceptors (Lipinski definition) is 6. The number of hydrogen-bond donors (Lipinski definition) is 2. The summed E-state index contributed by atoms with van der Waals surface area (Å²) >= 11 is 13.1. The van der Waals surface area contributed by atoms with Crippen molar-refractivity contribution in [1.82, 2.24) is 14.9 Å². The lowest BCUT2D eigenvalue weighted by molar-refractivity contribution is 0.200. The zero-order valence-corrected chi connectivity index (χ0v) is 27.4. The molecule has 0 radical (unpaired) electrons. The van der Waals surface area contributed by atoms with E-state index in [2.05, 4.69) is 20.2 Å². The standard InChI is InChI=1S/C35H39Cl2N5O3/c1-23-20-24(2)32(25(3)21-23)33(29-22-26(36)8-13-30(29)37)42(35(43)44)31-14-15-38-34(40-31)39-27-9-11-28(12-10-27)45-19-7-18-41-16-5-4-6-17-41/h8-15,20-22,33H,4-7,16-19H2,1-3H3,(H,43,44)(H,38,39,40).